The van der Waals surface area contributed by atoms with Crippen LogP contribution in [0.3, 0.4) is 0 Å². The average Bonchev–Trinajstić information content (AvgIpc) is 2.94. The summed E-state index contributed by atoms with van der Waals surface area (Å²) in [4.78, 5) is 5.10. The molecule has 0 aliphatic rings. The monoisotopic (exact) mass is 281 g/mol. The number of hydrogen-bond acceptors (Lipinski definition) is 7. The molecule has 2 aromatic rings. The van der Waals surface area contributed by atoms with Crippen molar-refractivity contribution in [2.24, 2.45) is 5.73 Å². The largest absolute Gasteiger partial charge is 0.495 e. The van der Waals surface area contributed by atoms with Gasteiger partial charge in [-0.25, -0.2) is 0 Å². The lowest BCUT2D eigenvalue weighted by atomic mass is 10.2. The van der Waals surface area contributed by atoms with Crippen molar-refractivity contribution < 1.29 is 14.0 Å². The zero-order valence-corrected chi connectivity index (χ0v) is 11.8. The molecule has 0 atom stereocenters. The van der Waals surface area contributed by atoms with Gasteiger partial charge in [0, 0.05) is 0 Å². The van der Waals surface area contributed by atoms with Gasteiger partial charge in [0.15, 0.2) is 0 Å². The van der Waals surface area contributed by atoms with Gasteiger partial charge in [-0.2, -0.15) is 4.98 Å². The number of ether oxygens (including phenoxy) is 2. The van der Waals surface area contributed by atoms with Gasteiger partial charge in [0.25, 0.3) is 0 Å². The highest BCUT2D eigenvalue weighted by Gasteiger charge is 2.19. The van der Waals surface area contributed by atoms with Crippen molar-refractivity contribution in [3.8, 4) is 22.9 Å². The summed E-state index contributed by atoms with van der Waals surface area (Å²) in [6.07, 6.45) is 1.95. The molecule has 1 aromatic heterocycles. The fourth-order valence-electron chi connectivity index (χ4n) is 1.72. The molecule has 0 saturated carbocycles. The van der Waals surface area contributed by atoms with Crippen LogP contribution in [0.15, 0.2) is 21.6 Å². The minimum atomic E-state index is 0.209. The van der Waals surface area contributed by atoms with Gasteiger partial charge < -0.3 is 19.7 Å². The Labute approximate surface area is 115 Å². The van der Waals surface area contributed by atoms with E-state index in [1.807, 2.05) is 18.4 Å². The van der Waals surface area contributed by atoms with Gasteiger partial charge in [-0.1, -0.05) is 5.16 Å². The van der Waals surface area contributed by atoms with Crippen LogP contribution in [-0.2, 0) is 6.54 Å². The summed E-state index contributed by atoms with van der Waals surface area (Å²) in [7, 11) is 3.22. The van der Waals surface area contributed by atoms with E-state index in [0.717, 1.165) is 16.2 Å². The normalized spacial score (nSPS) is 10.5. The summed E-state index contributed by atoms with van der Waals surface area (Å²) < 4.78 is 15.8. The molecule has 0 spiro atoms. The van der Waals surface area contributed by atoms with Gasteiger partial charge in [-0.05, 0) is 18.4 Å². The number of rotatable bonds is 5. The lowest BCUT2D eigenvalue weighted by Crippen LogP contribution is -1.97. The van der Waals surface area contributed by atoms with Gasteiger partial charge in [0.05, 0.1) is 31.2 Å². The molecule has 0 unspecified atom stereocenters. The van der Waals surface area contributed by atoms with Gasteiger partial charge in [-0.3, -0.25) is 0 Å². The van der Waals surface area contributed by atoms with Crippen LogP contribution >= 0.6 is 11.8 Å². The molecular formula is C12H15N3O3S. The molecule has 102 valence electrons. The Morgan fingerprint density at radius 3 is 2.63 bits per heavy atom. The Hall–Kier alpha value is -1.73. The second-order valence-corrected chi connectivity index (χ2v) is 4.41. The summed E-state index contributed by atoms with van der Waals surface area (Å²) in [5.41, 5.74) is 6.21. The fourth-order valence-corrected chi connectivity index (χ4v) is 2.46. The Morgan fingerprint density at radius 1 is 1.32 bits per heavy atom. The first-order chi connectivity index (χ1) is 9.24. The summed E-state index contributed by atoms with van der Waals surface area (Å²) in [5.74, 6) is 2.25. The van der Waals surface area contributed by atoms with Gasteiger partial charge >= 0.3 is 0 Å². The van der Waals surface area contributed by atoms with Crippen LogP contribution < -0.4 is 15.2 Å². The van der Waals surface area contributed by atoms with Crippen LogP contribution in [-0.4, -0.2) is 30.6 Å². The lowest BCUT2D eigenvalue weighted by Gasteiger charge is -2.13. The maximum absolute atomic E-state index is 5.46. The van der Waals surface area contributed by atoms with Crippen LogP contribution in [0, 0.1) is 0 Å². The summed E-state index contributed by atoms with van der Waals surface area (Å²) >= 11 is 1.53. The zero-order valence-electron chi connectivity index (χ0n) is 11.0. The van der Waals surface area contributed by atoms with E-state index in [4.69, 9.17) is 19.7 Å². The molecule has 0 bridgehead atoms. The Bertz CT molecular complexity index is 571. The number of benzene rings is 1. The number of nitrogens with zero attached hydrogens (tertiary/aromatic N) is 2. The Balaban J connectivity index is 2.56. The summed E-state index contributed by atoms with van der Waals surface area (Å²) in [6.45, 7) is 0.209. The van der Waals surface area contributed by atoms with Crippen molar-refractivity contribution in [3.63, 3.8) is 0 Å². The van der Waals surface area contributed by atoms with E-state index in [-0.39, 0.29) is 6.54 Å². The third kappa shape index (κ3) is 2.52. The molecule has 0 radical (unpaired) electrons. The summed E-state index contributed by atoms with van der Waals surface area (Å²) in [6, 6.07) is 3.69. The number of aromatic nitrogens is 2. The molecule has 0 amide bonds. The molecule has 0 aliphatic heterocycles. The van der Waals surface area contributed by atoms with E-state index in [2.05, 4.69) is 10.1 Å². The molecule has 0 fully saturated rings. The Kier molecular flexibility index (Phi) is 4.28. The lowest BCUT2D eigenvalue weighted by molar-refractivity contribution is 0.374. The molecule has 1 aromatic carbocycles. The predicted molar refractivity (Wildman–Crippen MR) is 72.5 cm³/mol. The van der Waals surface area contributed by atoms with Crippen molar-refractivity contribution in [1.82, 2.24) is 10.1 Å². The van der Waals surface area contributed by atoms with Gasteiger partial charge in [-0.15, -0.1) is 11.8 Å². The van der Waals surface area contributed by atoms with E-state index in [9.17, 15) is 0 Å². The fraction of sp³-hybridized carbons (Fsp3) is 0.333. The molecule has 2 rings (SSSR count). The number of hydrogen-bond donors (Lipinski definition) is 1. The number of methoxy groups -OCH3 is 2. The number of nitrogens with two attached hydrogens (primary N) is 1. The van der Waals surface area contributed by atoms with Crippen molar-refractivity contribution in [3.05, 3.63) is 18.0 Å². The third-order valence-corrected chi connectivity index (χ3v) is 3.38. The average molecular weight is 281 g/mol. The van der Waals surface area contributed by atoms with Crippen LogP contribution in [0.2, 0.25) is 0 Å². The Morgan fingerprint density at radius 2 is 2.11 bits per heavy atom. The second-order valence-electron chi connectivity index (χ2n) is 3.60. The topological polar surface area (TPSA) is 83.4 Å². The van der Waals surface area contributed by atoms with Crippen LogP contribution in [0.25, 0.3) is 11.4 Å². The summed E-state index contributed by atoms with van der Waals surface area (Å²) in [5, 5.41) is 3.90. The molecule has 6 nitrogen and oxygen atoms in total. The first-order valence-electron chi connectivity index (χ1n) is 5.57. The SMILES string of the molecule is COc1ccc(-c2noc(CN)n2)c(OC)c1SC. The van der Waals surface area contributed by atoms with Crippen LogP contribution in [0.4, 0.5) is 0 Å². The van der Waals surface area contributed by atoms with E-state index < -0.39 is 0 Å². The van der Waals surface area contributed by atoms with Crippen molar-refractivity contribution >= 4 is 11.8 Å². The van der Waals surface area contributed by atoms with E-state index in [1.165, 1.54) is 11.8 Å². The quantitative estimate of drug-likeness (QED) is 0.838. The van der Waals surface area contributed by atoms with Crippen LogP contribution in [0.1, 0.15) is 5.89 Å². The highest BCUT2D eigenvalue weighted by molar-refractivity contribution is 7.98. The highest BCUT2D eigenvalue weighted by atomic mass is 32.2. The predicted octanol–water partition coefficient (Wildman–Crippen LogP) is 1.93. The van der Waals surface area contributed by atoms with Gasteiger partial charge in [0.2, 0.25) is 11.7 Å². The highest BCUT2D eigenvalue weighted by Crippen LogP contribution is 2.42. The van der Waals surface area contributed by atoms with E-state index in [1.54, 1.807) is 14.2 Å². The molecule has 19 heavy (non-hydrogen) atoms. The molecule has 0 saturated heterocycles. The molecular weight excluding hydrogens is 266 g/mol. The third-order valence-electron chi connectivity index (χ3n) is 2.59. The van der Waals surface area contributed by atoms with Crippen LogP contribution in [0.5, 0.6) is 11.5 Å². The van der Waals surface area contributed by atoms with Crippen molar-refractivity contribution in [1.29, 1.82) is 0 Å². The number of thioether (sulfide) groups is 1. The van der Waals surface area contributed by atoms with Gasteiger partial charge in [0.1, 0.15) is 11.5 Å². The standard InChI is InChI=1S/C12H15N3O3S/c1-16-8-5-4-7(10(17-2)11(8)19-3)12-14-9(6-13)18-15-12/h4-5H,6,13H2,1-3H3. The molecule has 1 heterocycles. The first-order valence-corrected chi connectivity index (χ1v) is 6.79. The second kappa shape index (κ2) is 5.94. The smallest absolute Gasteiger partial charge is 0.240 e. The minimum Gasteiger partial charge on any atom is -0.495 e. The molecule has 2 N–H and O–H groups in total. The van der Waals surface area contributed by atoms with Crippen molar-refractivity contribution in [2.75, 3.05) is 20.5 Å². The first kappa shape index (κ1) is 13.7. The zero-order chi connectivity index (χ0) is 13.8. The molecule has 7 heteroatoms. The van der Waals surface area contributed by atoms with E-state index in [0.29, 0.717) is 17.5 Å². The van der Waals surface area contributed by atoms with Crippen molar-refractivity contribution in [2.45, 2.75) is 11.4 Å². The minimum absolute atomic E-state index is 0.209. The van der Waals surface area contributed by atoms with E-state index >= 15 is 0 Å². The molecule has 0 aliphatic carbocycles. The maximum atomic E-state index is 5.46. The maximum Gasteiger partial charge on any atom is 0.240 e.